The number of anilines is 2. The SMILES string of the molecule is CCOC(=O)n1c(C(=O)N2CCc3c2ccc2c3cc(C(=O)N(C=O)CCCCCCO)n2C(=O)OCC)cc2c3c(ccc21)N(C=O)CC3. The minimum Gasteiger partial charge on any atom is -0.449 e. The number of fused-ring (bicyclic) bond motifs is 6. The van der Waals surface area contributed by atoms with Gasteiger partial charge < -0.3 is 24.4 Å². The van der Waals surface area contributed by atoms with Gasteiger partial charge in [0, 0.05) is 48.4 Å². The number of carbonyl (C=O) groups excluding carboxylic acids is 6. The summed E-state index contributed by atoms with van der Waals surface area (Å²) >= 11 is 0. The van der Waals surface area contributed by atoms with Gasteiger partial charge >= 0.3 is 12.2 Å². The number of benzene rings is 2. The highest BCUT2D eigenvalue weighted by atomic mass is 16.6. The summed E-state index contributed by atoms with van der Waals surface area (Å²) in [7, 11) is 0. The molecule has 0 saturated carbocycles. The molecule has 0 atom stereocenters. The first kappa shape index (κ1) is 34.4. The Kier molecular flexibility index (Phi) is 10.00. The van der Waals surface area contributed by atoms with E-state index in [4.69, 9.17) is 14.6 Å². The van der Waals surface area contributed by atoms with Crippen LogP contribution in [-0.2, 0) is 31.9 Å². The van der Waals surface area contributed by atoms with Crippen molar-refractivity contribution >= 4 is 70.0 Å². The lowest BCUT2D eigenvalue weighted by atomic mass is 10.1. The molecule has 0 fully saturated rings. The molecular weight excluding hydrogens is 646 g/mol. The molecule has 14 nitrogen and oxygen atoms in total. The van der Waals surface area contributed by atoms with E-state index in [1.165, 1.54) is 4.57 Å². The van der Waals surface area contributed by atoms with Crippen LogP contribution < -0.4 is 9.80 Å². The smallest absolute Gasteiger partial charge is 0.419 e. The van der Waals surface area contributed by atoms with E-state index in [1.807, 2.05) is 0 Å². The van der Waals surface area contributed by atoms with Gasteiger partial charge in [-0.15, -0.1) is 0 Å². The van der Waals surface area contributed by atoms with Crippen molar-refractivity contribution in [1.29, 1.82) is 0 Å². The molecule has 0 radical (unpaired) electrons. The second-order valence-corrected chi connectivity index (χ2v) is 12.1. The zero-order valence-corrected chi connectivity index (χ0v) is 28.1. The Morgan fingerprint density at radius 1 is 0.780 bits per heavy atom. The molecule has 0 aliphatic carbocycles. The van der Waals surface area contributed by atoms with Gasteiger partial charge in [0.15, 0.2) is 0 Å². The van der Waals surface area contributed by atoms with Crippen LogP contribution in [-0.4, -0.2) is 95.4 Å². The minimum atomic E-state index is -0.773. The summed E-state index contributed by atoms with van der Waals surface area (Å²) in [6.07, 6.45) is 3.33. The van der Waals surface area contributed by atoms with Gasteiger partial charge in [-0.25, -0.2) is 18.7 Å². The number of ether oxygens (including phenoxy) is 2. The fraction of sp³-hybridized carbons (Fsp3) is 0.389. The van der Waals surface area contributed by atoms with Crippen molar-refractivity contribution in [2.75, 3.05) is 49.3 Å². The number of amides is 4. The van der Waals surface area contributed by atoms with E-state index in [1.54, 1.807) is 60.0 Å². The Morgan fingerprint density at radius 2 is 1.36 bits per heavy atom. The largest absolute Gasteiger partial charge is 0.449 e. The minimum absolute atomic E-state index is 0.0419. The van der Waals surface area contributed by atoms with Crippen LogP contribution in [0.5, 0.6) is 0 Å². The zero-order chi connectivity index (χ0) is 35.5. The van der Waals surface area contributed by atoms with Crippen LogP contribution in [0, 0.1) is 0 Å². The van der Waals surface area contributed by atoms with Crippen LogP contribution in [0.3, 0.4) is 0 Å². The van der Waals surface area contributed by atoms with E-state index >= 15 is 0 Å². The highest BCUT2D eigenvalue weighted by molar-refractivity contribution is 6.14. The maximum Gasteiger partial charge on any atom is 0.419 e. The first-order valence-corrected chi connectivity index (χ1v) is 16.9. The topological polar surface area (TPSA) is 161 Å². The number of aliphatic hydroxyl groups excluding tert-OH is 1. The molecule has 2 aliphatic rings. The highest BCUT2D eigenvalue weighted by Crippen LogP contribution is 2.39. The molecule has 2 aromatic carbocycles. The Morgan fingerprint density at radius 3 is 1.98 bits per heavy atom. The number of aliphatic hydroxyl groups is 1. The Balaban J connectivity index is 1.40. The zero-order valence-electron chi connectivity index (χ0n) is 28.1. The van der Waals surface area contributed by atoms with Crippen molar-refractivity contribution in [3.8, 4) is 0 Å². The van der Waals surface area contributed by atoms with Crippen molar-refractivity contribution in [1.82, 2.24) is 14.0 Å². The van der Waals surface area contributed by atoms with E-state index in [9.17, 15) is 28.8 Å². The normalized spacial score (nSPS) is 13.4. The summed E-state index contributed by atoms with van der Waals surface area (Å²) in [5.41, 5.74) is 3.81. The van der Waals surface area contributed by atoms with Gasteiger partial charge in [0.2, 0.25) is 12.8 Å². The van der Waals surface area contributed by atoms with Crippen LogP contribution in [0.2, 0.25) is 0 Å². The molecule has 4 heterocycles. The quantitative estimate of drug-likeness (QED) is 0.168. The van der Waals surface area contributed by atoms with Gasteiger partial charge in [0.25, 0.3) is 11.8 Å². The van der Waals surface area contributed by atoms with Crippen molar-refractivity contribution in [3.05, 3.63) is 58.9 Å². The lowest BCUT2D eigenvalue weighted by molar-refractivity contribution is -0.116. The fourth-order valence-electron chi connectivity index (χ4n) is 7.04. The molecule has 1 N–H and O–H groups in total. The number of hydrogen-bond acceptors (Lipinski definition) is 9. The third kappa shape index (κ3) is 5.89. The maximum absolute atomic E-state index is 14.4. The second-order valence-electron chi connectivity index (χ2n) is 12.1. The summed E-state index contributed by atoms with van der Waals surface area (Å²) in [6.45, 7) is 4.46. The van der Waals surface area contributed by atoms with E-state index in [0.717, 1.165) is 39.1 Å². The molecule has 6 rings (SSSR count). The first-order valence-electron chi connectivity index (χ1n) is 16.9. The van der Waals surface area contributed by atoms with E-state index in [2.05, 4.69) is 0 Å². The van der Waals surface area contributed by atoms with Crippen molar-refractivity contribution in [2.24, 2.45) is 0 Å². The van der Waals surface area contributed by atoms with E-state index in [0.29, 0.717) is 72.6 Å². The first-order chi connectivity index (χ1) is 24.3. The Bertz CT molecular complexity index is 2010. The van der Waals surface area contributed by atoms with Crippen molar-refractivity contribution in [3.63, 3.8) is 0 Å². The molecular formula is C36H39N5O9. The average Bonchev–Trinajstić information content (AvgIpc) is 3.90. The van der Waals surface area contributed by atoms with Gasteiger partial charge in [0.05, 0.1) is 24.2 Å². The van der Waals surface area contributed by atoms with Crippen LogP contribution in [0.25, 0.3) is 21.8 Å². The monoisotopic (exact) mass is 685 g/mol. The molecule has 0 spiro atoms. The van der Waals surface area contributed by atoms with Crippen LogP contribution in [0.4, 0.5) is 21.0 Å². The summed E-state index contributed by atoms with van der Waals surface area (Å²) < 4.78 is 13.1. The van der Waals surface area contributed by atoms with Crippen molar-refractivity contribution in [2.45, 2.75) is 52.4 Å². The predicted octanol–water partition coefficient (Wildman–Crippen LogP) is 4.48. The summed E-state index contributed by atoms with van der Waals surface area (Å²) in [5.74, 6) is -1.11. The predicted molar refractivity (Wildman–Crippen MR) is 184 cm³/mol. The summed E-state index contributed by atoms with van der Waals surface area (Å²) in [6, 6.07) is 10.0. The standard InChI is InChI=1S/C36H39N5O9/c1-3-49-35(47)40-30-12-10-28-24(26(30)19-31(40)33(45)38(22-44)15-7-5-6-8-18-42)14-17-39(28)34(46)32-20-25-23-13-16-37(21-43)27(23)9-11-29(25)41(32)36(48)50-4-2/h9-12,19-22,42H,3-8,13-18H2,1-2H3. The third-order valence-electron chi connectivity index (χ3n) is 9.34. The molecule has 2 aromatic heterocycles. The Hall–Kier alpha value is -5.50. The second kappa shape index (κ2) is 14.5. The molecule has 4 amide bonds. The highest BCUT2D eigenvalue weighted by Gasteiger charge is 2.35. The maximum atomic E-state index is 14.4. The molecule has 0 bridgehead atoms. The van der Waals surface area contributed by atoms with Gasteiger partial charge in [-0.3, -0.25) is 24.1 Å². The van der Waals surface area contributed by atoms with Gasteiger partial charge in [0.1, 0.15) is 11.4 Å². The number of hydrogen-bond donors (Lipinski definition) is 1. The van der Waals surface area contributed by atoms with Crippen molar-refractivity contribution < 1.29 is 43.3 Å². The number of unbranched alkanes of at least 4 members (excludes halogenated alkanes) is 3. The third-order valence-corrected chi connectivity index (χ3v) is 9.34. The number of rotatable bonds is 12. The molecule has 0 saturated heterocycles. The fourth-order valence-corrected chi connectivity index (χ4v) is 7.04. The molecule has 14 heteroatoms. The lowest BCUT2D eigenvalue weighted by Gasteiger charge is -2.19. The Labute approximate surface area is 287 Å². The molecule has 4 aromatic rings. The molecule has 50 heavy (non-hydrogen) atoms. The average molecular weight is 686 g/mol. The van der Waals surface area contributed by atoms with E-state index in [-0.39, 0.29) is 44.3 Å². The number of aromatic nitrogens is 2. The van der Waals surface area contributed by atoms with Crippen LogP contribution in [0.15, 0.2) is 36.4 Å². The molecule has 2 aliphatic heterocycles. The number of imide groups is 1. The van der Waals surface area contributed by atoms with Gasteiger partial charge in [-0.05, 0) is 87.1 Å². The van der Waals surface area contributed by atoms with Gasteiger partial charge in [-0.2, -0.15) is 0 Å². The molecule has 262 valence electrons. The summed E-state index contributed by atoms with van der Waals surface area (Å²) in [5, 5.41) is 10.3. The number of nitrogens with zero attached hydrogens (tertiary/aromatic N) is 5. The van der Waals surface area contributed by atoms with Gasteiger partial charge in [-0.1, -0.05) is 12.8 Å². The van der Waals surface area contributed by atoms with Crippen LogP contribution >= 0.6 is 0 Å². The number of carbonyl (C=O) groups is 6. The van der Waals surface area contributed by atoms with E-state index < -0.39 is 24.0 Å². The van der Waals surface area contributed by atoms with Crippen LogP contribution in [0.1, 0.15) is 71.6 Å². The lowest BCUT2D eigenvalue weighted by Crippen LogP contribution is -2.33. The summed E-state index contributed by atoms with van der Waals surface area (Å²) in [4.78, 5) is 82.4. The molecule has 0 unspecified atom stereocenters.